The van der Waals surface area contributed by atoms with E-state index in [1.165, 1.54) is 36.4 Å². The maximum absolute atomic E-state index is 12.1. The number of carbonyl (C=O) groups is 2. The zero-order valence-corrected chi connectivity index (χ0v) is 15.3. The van der Waals surface area contributed by atoms with Crippen molar-refractivity contribution < 1.29 is 24.0 Å². The van der Waals surface area contributed by atoms with Gasteiger partial charge in [0.1, 0.15) is 11.5 Å². The van der Waals surface area contributed by atoms with Crippen LogP contribution in [-0.4, -0.2) is 21.9 Å². The van der Waals surface area contributed by atoms with E-state index in [4.69, 9.17) is 9.52 Å². The summed E-state index contributed by atoms with van der Waals surface area (Å²) in [4.78, 5) is 33.7. The van der Waals surface area contributed by atoms with E-state index < -0.39 is 16.8 Å². The molecule has 0 saturated carbocycles. The van der Waals surface area contributed by atoms with E-state index in [2.05, 4.69) is 5.32 Å². The van der Waals surface area contributed by atoms with Crippen LogP contribution >= 0.6 is 0 Å². The van der Waals surface area contributed by atoms with Crippen LogP contribution in [0.1, 0.15) is 21.7 Å². The van der Waals surface area contributed by atoms with E-state index in [-0.39, 0.29) is 11.3 Å². The smallest absolute Gasteiger partial charge is 0.335 e. The quantitative estimate of drug-likeness (QED) is 0.361. The maximum Gasteiger partial charge on any atom is 0.335 e. The Kier molecular flexibility index (Phi) is 5.54. The Morgan fingerprint density at radius 3 is 2.59 bits per heavy atom. The molecule has 1 aromatic heterocycles. The van der Waals surface area contributed by atoms with Crippen molar-refractivity contribution >= 4 is 29.3 Å². The second kappa shape index (κ2) is 8.22. The Hall–Kier alpha value is -4.20. The van der Waals surface area contributed by atoms with Crippen molar-refractivity contribution in [1.29, 1.82) is 0 Å². The largest absolute Gasteiger partial charge is 0.478 e. The van der Waals surface area contributed by atoms with Crippen LogP contribution < -0.4 is 5.32 Å². The summed E-state index contributed by atoms with van der Waals surface area (Å²) in [5.74, 6) is -0.804. The number of nitro groups is 1. The number of anilines is 1. The number of para-hydroxylation sites is 1. The molecule has 3 aromatic rings. The molecular weight excluding hydrogens is 376 g/mol. The van der Waals surface area contributed by atoms with Gasteiger partial charge in [0, 0.05) is 17.8 Å². The number of carboxylic acids is 1. The molecule has 2 aromatic carbocycles. The Balaban J connectivity index is 1.72. The van der Waals surface area contributed by atoms with Crippen molar-refractivity contribution in [2.24, 2.45) is 0 Å². The van der Waals surface area contributed by atoms with Gasteiger partial charge in [0.25, 0.3) is 5.69 Å². The molecule has 0 bridgehead atoms. The van der Waals surface area contributed by atoms with Crippen LogP contribution in [0.4, 0.5) is 11.4 Å². The zero-order chi connectivity index (χ0) is 21.0. The molecule has 0 unspecified atom stereocenters. The minimum Gasteiger partial charge on any atom is -0.478 e. The first kappa shape index (κ1) is 19.6. The van der Waals surface area contributed by atoms with Crippen LogP contribution in [0, 0.1) is 17.0 Å². The molecule has 0 fully saturated rings. The number of nitrogens with zero attached hydrogens (tertiary/aromatic N) is 1. The Labute approximate surface area is 165 Å². The van der Waals surface area contributed by atoms with Gasteiger partial charge in [-0.05, 0) is 55.0 Å². The number of hydrogen-bond acceptors (Lipinski definition) is 5. The SMILES string of the molecule is Cc1cc(C(=O)O)ccc1NC(=O)/C=C/c1ccc(-c2ccccc2[N+](=O)[O-])o1. The summed E-state index contributed by atoms with van der Waals surface area (Å²) in [6.45, 7) is 1.69. The van der Waals surface area contributed by atoms with Gasteiger partial charge in [-0.1, -0.05) is 12.1 Å². The van der Waals surface area contributed by atoms with Gasteiger partial charge in [-0.25, -0.2) is 4.79 Å². The molecule has 1 heterocycles. The molecule has 8 heteroatoms. The Bertz CT molecular complexity index is 1130. The van der Waals surface area contributed by atoms with E-state index in [0.717, 1.165) is 0 Å². The van der Waals surface area contributed by atoms with Gasteiger partial charge in [-0.15, -0.1) is 0 Å². The number of hydrogen-bond donors (Lipinski definition) is 2. The highest BCUT2D eigenvalue weighted by Crippen LogP contribution is 2.31. The summed E-state index contributed by atoms with van der Waals surface area (Å²) >= 11 is 0. The van der Waals surface area contributed by atoms with Gasteiger partial charge in [-0.3, -0.25) is 14.9 Å². The molecule has 0 aliphatic rings. The molecule has 1 amide bonds. The third-order valence-corrected chi connectivity index (χ3v) is 4.12. The van der Waals surface area contributed by atoms with Gasteiger partial charge < -0.3 is 14.8 Å². The number of aryl methyl sites for hydroxylation is 1. The van der Waals surface area contributed by atoms with Crippen LogP contribution in [-0.2, 0) is 4.79 Å². The average molecular weight is 392 g/mol. The van der Waals surface area contributed by atoms with E-state index in [9.17, 15) is 19.7 Å². The second-order valence-electron chi connectivity index (χ2n) is 6.13. The lowest BCUT2D eigenvalue weighted by molar-refractivity contribution is -0.384. The number of rotatable bonds is 6. The molecule has 0 spiro atoms. The normalized spacial score (nSPS) is 10.8. The molecule has 0 radical (unpaired) electrons. The summed E-state index contributed by atoms with van der Waals surface area (Å²) in [7, 11) is 0. The van der Waals surface area contributed by atoms with Crippen LogP contribution in [0.25, 0.3) is 17.4 Å². The zero-order valence-electron chi connectivity index (χ0n) is 15.3. The number of benzene rings is 2. The van der Waals surface area contributed by atoms with Crippen molar-refractivity contribution in [3.05, 3.63) is 87.7 Å². The highest BCUT2D eigenvalue weighted by molar-refractivity contribution is 6.02. The Morgan fingerprint density at radius 1 is 1.14 bits per heavy atom. The average Bonchev–Trinajstić information content (AvgIpc) is 3.16. The van der Waals surface area contributed by atoms with Gasteiger partial charge in [0.05, 0.1) is 16.1 Å². The van der Waals surface area contributed by atoms with Crippen molar-refractivity contribution in [3.63, 3.8) is 0 Å². The summed E-state index contributed by atoms with van der Waals surface area (Å²) in [5, 5.41) is 22.8. The number of nitrogens with one attached hydrogen (secondary N) is 1. The molecule has 3 rings (SSSR count). The number of carbonyl (C=O) groups excluding carboxylic acids is 1. The van der Waals surface area contributed by atoms with Crippen LogP contribution in [0.3, 0.4) is 0 Å². The molecule has 29 heavy (non-hydrogen) atoms. The number of amides is 1. The summed E-state index contributed by atoms with van der Waals surface area (Å²) in [6, 6.07) is 13.8. The predicted molar refractivity (Wildman–Crippen MR) is 107 cm³/mol. The van der Waals surface area contributed by atoms with Crippen LogP contribution in [0.5, 0.6) is 0 Å². The third kappa shape index (κ3) is 4.56. The fraction of sp³-hybridized carbons (Fsp3) is 0.0476. The second-order valence-corrected chi connectivity index (χ2v) is 6.13. The van der Waals surface area contributed by atoms with E-state index in [0.29, 0.717) is 28.3 Å². The standard InChI is InChI=1S/C21H16N2O6/c1-13-12-14(21(25)26)6-9-17(13)22-20(24)11-8-15-7-10-19(29-15)16-4-2-3-5-18(16)23(27)28/h2-12H,1H3,(H,22,24)(H,25,26)/b11-8+. The van der Waals surface area contributed by atoms with Crippen molar-refractivity contribution in [2.45, 2.75) is 6.92 Å². The number of nitro benzene ring substituents is 1. The predicted octanol–water partition coefficient (Wildman–Crippen LogP) is 4.51. The van der Waals surface area contributed by atoms with E-state index >= 15 is 0 Å². The molecule has 0 aliphatic carbocycles. The van der Waals surface area contributed by atoms with Crippen LogP contribution in [0.2, 0.25) is 0 Å². The molecule has 146 valence electrons. The fourth-order valence-corrected chi connectivity index (χ4v) is 2.70. The lowest BCUT2D eigenvalue weighted by atomic mass is 10.1. The van der Waals surface area contributed by atoms with E-state index in [1.807, 2.05) is 0 Å². The molecule has 0 aliphatic heterocycles. The molecule has 8 nitrogen and oxygen atoms in total. The highest BCUT2D eigenvalue weighted by atomic mass is 16.6. The van der Waals surface area contributed by atoms with Crippen molar-refractivity contribution in [2.75, 3.05) is 5.32 Å². The van der Waals surface area contributed by atoms with Gasteiger partial charge in [0.15, 0.2) is 0 Å². The lowest BCUT2D eigenvalue weighted by Crippen LogP contribution is -2.09. The topological polar surface area (TPSA) is 123 Å². The van der Waals surface area contributed by atoms with Gasteiger partial charge >= 0.3 is 5.97 Å². The summed E-state index contributed by atoms with van der Waals surface area (Å²) in [5.41, 5.74) is 1.51. The summed E-state index contributed by atoms with van der Waals surface area (Å²) in [6.07, 6.45) is 2.70. The minimum absolute atomic E-state index is 0.0737. The van der Waals surface area contributed by atoms with Crippen molar-refractivity contribution in [1.82, 2.24) is 0 Å². The first-order chi connectivity index (χ1) is 13.8. The number of aromatic carboxylic acids is 1. The van der Waals surface area contributed by atoms with Crippen LogP contribution in [0.15, 0.2) is 65.1 Å². The first-order valence-corrected chi connectivity index (χ1v) is 8.52. The lowest BCUT2D eigenvalue weighted by Gasteiger charge is -2.07. The number of furan rings is 1. The molecular formula is C21H16N2O6. The fourth-order valence-electron chi connectivity index (χ4n) is 2.70. The molecule has 0 atom stereocenters. The third-order valence-electron chi connectivity index (χ3n) is 4.12. The molecule has 2 N–H and O–H groups in total. The Morgan fingerprint density at radius 2 is 1.90 bits per heavy atom. The van der Waals surface area contributed by atoms with Gasteiger partial charge in [-0.2, -0.15) is 0 Å². The minimum atomic E-state index is -1.04. The summed E-state index contributed by atoms with van der Waals surface area (Å²) < 4.78 is 5.59. The maximum atomic E-state index is 12.1. The molecule has 0 saturated heterocycles. The van der Waals surface area contributed by atoms with E-state index in [1.54, 1.807) is 37.3 Å². The van der Waals surface area contributed by atoms with Crippen molar-refractivity contribution in [3.8, 4) is 11.3 Å². The number of carboxylic acid groups (broad SMARTS) is 1. The first-order valence-electron chi connectivity index (χ1n) is 8.52. The monoisotopic (exact) mass is 392 g/mol. The highest BCUT2D eigenvalue weighted by Gasteiger charge is 2.16. The van der Waals surface area contributed by atoms with Gasteiger partial charge in [0.2, 0.25) is 5.91 Å².